The largest absolute Gasteiger partial charge is 0.299 e. The Bertz CT molecular complexity index is 1480. The molecule has 4 rings (SSSR count). The van der Waals surface area contributed by atoms with Crippen LogP contribution in [-0.4, -0.2) is 30.1 Å². The zero-order chi connectivity index (χ0) is 23.2. The minimum atomic E-state index is -3.86. The smallest absolute Gasteiger partial charge is 0.267 e. The Morgan fingerprint density at radius 2 is 1.81 bits per heavy atom. The van der Waals surface area contributed by atoms with Crippen LogP contribution in [0.2, 0.25) is 10.0 Å². The first-order valence-corrected chi connectivity index (χ1v) is 11.9. The molecule has 0 spiro atoms. The number of hydrogen-bond donors (Lipinski definition) is 1. The average Bonchev–Trinajstić information content (AvgIpc) is 3.07. The standard InChI is InChI=1S/C22H16Cl2FN3O3S/c1-12-3-5-13(6-4-12)17-11-28(21-15(17)7-14(23)10-26-21)20-9-19(25)16(8-18(20)24)22(29)27-32(2,30)31/h3-11H,1-2H3,(H,27,29). The first kappa shape index (κ1) is 22.3. The fourth-order valence-electron chi connectivity index (χ4n) is 3.35. The number of sulfonamides is 1. The molecule has 2 aromatic carbocycles. The van der Waals surface area contributed by atoms with Gasteiger partial charge in [-0.25, -0.2) is 22.5 Å². The highest BCUT2D eigenvalue weighted by Gasteiger charge is 2.21. The third-order valence-electron chi connectivity index (χ3n) is 4.79. The molecule has 164 valence electrons. The van der Waals surface area contributed by atoms with Crippen LogP contribution in [0.25, 0.3) is 27.8 Å². The van der Waals surface area contributed by atoms with Gasteiger partial charge in [0.1, 0.15) is 11.5 Å². The van der Waals surface area contributed by atoms with E-state index >= 15 is 0 Å². The minimum absolute atomic E-state index is 0.0363. The Morgan fingerprint density at radius 1 is 1.12 bits per heavy atom. The predicted octanol–water partition coefficient (Wildman–Crippen LogP) is 5.14. The van der Waals surface area contributed by atoms with Crippen LogP contribution in [0.5, 0.6) is 0 Å². The molecule has 10 heteroatoms. The Labute approximate surface area is 193 Å². The van der Waals surface area contributed by atoms with Crippen molar-refractivity contribution in [1.82, 2.24) is 14.3 Å². The Balaban J connectivity index is 1.90. The van der Waals surface area contributed by atoms with E-state index in [-0.39, 0.29) is 10.7 Å². The summed E-state index contributed by atoms with van der Waals surface area (Å²) >= 11 is 12.6. The maximum absolute atomic E-state index is 14.8. The zero-order valence-corrected chi connectivity index (χ0v) is 19.2. The van der Waals surface area contributed by atoms with E-state index in [0.717, 1.165) is 40.5 Å². The molecule has 1 amide bonds. The van der Waals surface area contributed by atoms with Crippen molar-refractivity contribution < 1.29 is 17.6 Å². The van der Waals surface area contributed by atoms with Gasteiger partial charge in [-0.1, -0.05) is 53.0 Å². The molecule has 0 aliphatic rings. The molecule has 0 fully saturated rings. The van der Waals surface area contributed by atoms with Gasteiger partial charge >= 0.3 is 0 Å². The first-order valence-electron chi connectivity index (χ1n) is 9.28. The number of hydrogen-bond acceptors (Lipinski definition) is 4. The summed E-state index contributed by atoms with van der Waals surface area (Å²) in [5.41, 5.74) is 3.05. The van der Waals surface area contributed by atoms with Crippen LogP contribution in [0.15, 0.2) is 54.9 Å². The van der Waals surface area contributed by atoms with Gasteiger partial charge in [0.2, 0.25) is 10.0 Å². The van der Waals surface area contributed by atoms with Gasteiger partial charge in [0.15, 0.2) is 0 Å². The van der Waals surface area contributed by atoms with Gasteiger partial charge in [-0.05, 0) is 24.6 Å². The molecule has 0 radical (unpaired) electrons. The number of amides is 1. The number of aromatic nitrogens is 2. The molecule has 2 heterocycles. The number of fused-ring (bicyclic) bond motifs is 1. The number of nitrogens with zero attached hydrogens (tertiary/aromatic N) is 2. The van der Waals surface area contributed by atoms with Crippen LogP contribution in [-0.2, 0) is 10.0 Å². The number of carbonyl (C=O) groups is 1. The summed E-state index contributed by atoms with van der Waals surface area (Å²) in [5.74, 6) is -2.04. The van der Waals surface area contributed by atoms with Crippen LogP contribution in [0.3, 0.4) is 0 Å². The first-order chi connectivity index (χ1) is 15.0. The lowest BCUT2D eigenvalue weighted by atomic mass is 10.0. The molecular formula is C22H16Cl2FN3O3S. The van der Waals surface area contributed by atoms with Crippen molar-refractivity contribution in [3.63, 3.8) is 0 Å². The molecule has 0 saturated heterocycles. The van der Waals surface area contributed by atoms with Crippen LogP contribution in [0.4, 0.5) is 4.39 Å². The van der Waals surface area contributed by atoms with Crippen LogP contribution in [0, 0.1) is 12.7 Å². The van der Waals surface area contributed by atoms with Gasteiger partial charge in [-0.3, -0.25) is 9.36 Å². The van der Waals surface area contributed by atoms with Crippen LogP contribution >= 0.6 is 23.2 Å². The molecular weight excluding hydrogens is 476 g/mol. The highest BCUT2D eigenvalue weighted by atomic mass is 35.5. The Morgan fingerprint density at radius 3 is 2.47 bits per heavy atom. The van der Waals surface area contributed by atoms with Gasteiger partial charge < -0.3 is 0 Å². The number of pyridine rings is 1. The molecule has 6 nitrogen and oxygen atoms in total. The van der Waals surface area contributed by atoms with Gasteiger partial charge in [-0.2, -0.15) is 0 Å². The van der Waals surface area contributed by atoms with E-state index in [1.54, 1.807) is 21.6 Å². The number of rotatable bonds is 4. The fourth-order valence-corrected chi connectivity index (χ4v) is 4.21. The number of benzene rings is 2. The molecule has 0 atom stereocenters. The zero-order valence-electron chi connectivity index (χ0n) is 16.9. The van der Waals surface area contributed by atoms with Crippen molar-refractivity contribution in [3.8, 4) is 16.8 Å². The molecule has 1 N–H and O–H groups in total. The van der Waals surface area contributed by atoms with E-state index in [1.165, 1.54) is 6.20 Å². The second kappa shape index (κ2) is 8.20. The number of aryl methyl sites for hydroxylation is 1. The lowest BCUT2D eigenvalue weighted by Gasteiger charge is -2.11. The van der Waals surface area contributed by atoms with E-state index in [0.29, 0.717) is 10.7 Å². The van der Waals surface area contributed by atoms with E-state index in [1.807, 2.05) is 31.2 Å². The van der Waals surface area contributed by atoms with E-state index in [9.17, 15) is 17.6 Å². The van der Waals surface area contributed by atoms with Crippen molar-refractivity contribution in [1.29, 1.82) is 0 Å². The molecule has 0 unspecified atom stereocenters. The third kappa shape index (κ3) is 4.34. The van der Waals surface area contributed by atoms with E-state index in [2.05, 4.69) is 4.98 Å². The highest BCUT2D eigenvalue weighted by Crippen LogP contribution is 2.35. The van der Waals surface area contributed by atoms with Crippen LogP contribution < -0.4 is 4.72 Å². The average molecular weight is 492 g/mol. The lowest BCUT2D eigenvalue weighted by molar-refractivity contribution is 0.0978. The van der Waals surface area contributed by atoms with E-state index in [4.69, 9.17) is 23.2 Å². The van der Waals surface area contributed by atoms with Crippen molar-refractivity contribution in [2.45, 2.75) is 6.92 Å². The minimum Gasteiger partial charge on any atom is -0.299 e. The molecule has 0 aliphatic heterocycles. The van der Waals surface area contributed by atoms with E-state index < -0.39 is 27.3 Å². The number of carbonyl (C=O) groups excluding carboxylic acids is 1. The molecule has 4 aromatic rings. The normalized spacial score (nSPS) is 11.7. The summed E-state index contributed by atoms with van der Waals surface area (Å²) in [4.78, 5) is 16.5. The summed E-state index contributed by atoms with van der Waals surface area (Å²) in [6.07, 6.45) is 4.03. The highest BCUT2D eigenvalue weighted by molar-refractivity contribution is 7.89. The Hall–Kier alpha value is -2.94. The molecule has 0 saturated carbocycles. The molecule has 32 heavy (non-hydrogen) atoms. The molecule has 0 aliphatic carbocycles. The fraction of sp³-hybridized carbons (Fsp3) is 0.0909. The van der Waals surface area contributed by atoms with Crippen molar-refractivity contribution >= 4 is 50.2 Å². The SMILES string of the molecule is Cc1ccc(-c2cn(-c3cc(F)c(C(=O)NS(C)(=O)=O)cc3Cl)c3ncc(Cl)cc23)cc1. The summed E-state index contributed by atoms with van der Waals surface area (Å²) < 4.78 is 40.8. The number of halogens is 3. The monoisotopic (exact) mass is 491 g/mol. The van der Waals surface area contributed by atoms with Gasteiger partial charge in [0, 0.05) is 29.4 Å². The lowest BCUT2D eigenvalue weighted by Crippen LogP contribution is -2.30. The molecule has 2 aromatic heterocycles. The van der Waals surface area contributed by atoms with Crippen molar-refractivity contribution in [2.75, 3.05) is 6.26 Å². The summed E-state index contributed by atoms with van der Waals surface area (Å²) in [7, 11) is -3.86. The summed E-state index contributed by atoms with van der Waals surface area (Å²) in [5, 5.41) is 1.21. The molecule has 0 bridgehead atoms. The number of nitrogens with one attached hydrogen (secondary N) is 1. The topological polar surface area (TPSA) is 81.1 Å². The van der Waals surface area contributed by atoms with Gasteiger partial charge in [0.05, 0.1) is 27.6 Å². The third-order valence-corrected chi connectivity index (χ3v) is 5.86. The maximum atomic E-state index is 14.8. The second-order valence-corrected chi connectivity index (χ2v) is 9.88. The van der Waals surface area contributed by atoms with Gasteiger partial charge in [0.25, 0.3) is 5.91 Å². The predicted molar refractivity (Wildman–Crippen MR) is 124 cm³/mol. The summed E-state index contributed by atoms with van der Waals surface area (Å²) in [6.45, 7) is 1.98. The van der Waals surface area contributed by atoms with Crippen LogP contribution in [0.1, 0.15) is 15.9 Å². The second-order valence-electron chi connectivity index (χ2n) is 7.29. The Kier molecular flexibility index (Phi) is 5.70. The van der Waals surface area contributed by atoms with Crippen molar-refractivity contribution in [2.24, 2.45) is 0 Å². The van der Waals surface area contributed by atoms with Gasteiger partial charge in [-0.15, -0.1) is 0 Å². The van der Waals surface area contributed by atoms with Crippen molar-refractivity contribution in [3.05, 3.63) is 81.8 Å². The maximum Gasteiger partial charge on any atom is 0.267 e. The summed E-state index contributed by atoms with van der Waals surface area (Å²) in [6, 6.07) is 11.8. The quantitative estimate of drug-likeness (QED) is 0.428.